The normalized spacial score (nSPS) is 14.0. The number of ether oxygens (including phenoxy) is 1. The Morgan fingerprint density at radius 1 is 0.742 bits per heavy atom. The fraction of sp³-hybridized carbons (Fsp3) is 0.174. The van der Waals surface area contributed by atoms with Gasteiger partial charge in [0.25, 0.3) is 0 Å². The van der Waals surface area contributed by atoms with E-state index in [1.54, 1.807) is 19.1 Å². The highest BCUT2D eigenvalue weighted by molar-refractivity contribution is 8.45. The first-order valence-electron chi connectivity index (χ1n) is 9.30. The minimum Gasteiger partial charge on any atom is -0.423 e. The molecule has 0 N–H and O–H groups in total. The number of rotatable bonds is 4. The minimum absolute atomic E-state index is 0.211. The third-order valence-corrected chi connectivity index (χ3v) is 6.05. The number of carbonyl (C=O) groups is 1. The maximum absolute atomic E-state index is 12.8. The van der Waals surface area contributed by atoms with E-state index in [9.17, 15) is 24.2 Å². The van der Waals surface area contributed by atoms with Crippen molar-refractivity contribution in [2.24, 2.45) is 0 Å². The topological polar surface area (TPSA) is 26.3 Å². The first kappa shape index (κ1) is 22.8. The molecule has 0 fully saturated rings. The van der Waals surface area contributed by atoms with Crippen molar-refractivity contribution in [1.82, 2.24) is 0 Å². The van der Waals surface area contributed by atoms with Gasteiger partial charge in [-0.1, -0.05) is 49.3 Å². The van der Waals surface area contributed by atoms with E-state index < -0.39 is 21.1 Å². The highest BCUT2D eigenvalue weighted by Crippen LogP contribution is 3.02. The predicted molar refractivity (Wildman–Crippen MR) is 114 cm³/mol. The molecular formula is C23H21F5O2S. The Morgan fingerprint density at radius 3 is 1.77 bits per heavy atom. The Balaban J connectivity index is 1.86. The first-order valence-corrected chi connectivity index (χ1v) is 11.3. The first-order chi connectivity index (χ1) is 14.0. The SMILES string of the molecule is Cc1cc(C)c(-c2ccc(C(=O)Oc3ccc(S(F)(F)(F)(F)F)cc3)c(C)c2)c(C)c1. The summed E-state index contributed by atoms with van der Waals surface area (Å²) < 4.78 is 69.1. The van der Waals surface area contributed by atoms with Gasteiger partial charge in [-0.25, -0.2) is 4.79 Å². The lowest BCUT2D eigenvalue weighted by molar-refractivity contribution is 0.0734. The molecule has 8 heteroatoms. The quantitative estimate of drug-likeness (QED) is 0.224. The molecule has 3 rings (SSSR count). The third-order valence-electron chi connectivity index (χ3n) is 4.89. The van der Waals surface area contributed by atoms with Crippen molar-refractivity contribution in [3.05, 3.63) is 82.4 Å². The number of esters is 1. The maximum atomic E-state index is 12.8. The van der Waals surface area contributed by atoms with Crippen LogP contribution in [0.2, 0.25) is 0 Å². The van der Waals surface area contributed by atoms with E-state index >= 15 is 0 Å². The molecule has 0 heterocycles. The van der Waals surface area contributed by atoms with E-state index in [-0.39, 0.29) is 23.4 Å². The zero-order chi connectivity index (χ0) is 23.3. The molecule has 0 unspecified atom stereocenters. The monoisotopic (exact) mass is 456 g/mol. The third kappa shape index (κ3) is 5.07. The van der Waals surface area contributed by atoms with E-state index in [1.807, 2.05) is 26.8 Å². The second-order valence-electron chi connectivity index (χ2n) is 7.63. The molecule has 0 aliphatic rings. The summed E-state index contributed by atoms with van der Waals surface area (Å²) in [4.78, 5) is 10.4. The van der Waals surface area contributed by atoms with E-state index in [0.717, 1.165) is 27.8 Å². The Morgan fingerprint density at radius 2 is 1.29 bits per heavy atom. The molecule has 0 saturated heterocycles. The lowest BCUT2D eigenvalue weighted by Crippen LogP contribution is -2.11. The zero-order valence-electron chi connectivity index (χ0n) is 17.3. The highest BCUT2D eigenvalue weighted by Gasteiger charge is 2.65. The second kappa shape index (κ2) is 6.82. The number of halogens is 5. The maximum Gasteiger partial charge on any atom is 0.343 e. The van der Waals surface area contributed by atoms with Gasteiger partial charge in [-0.05, 0) is 85.8 Å². The molecular weight excluding hydrogens is 435 g/mol. The summed E-state index contributed by atoms with van der Waals surface area (Å²) in [5.41, 5.74) is 6.15. The average Bonchev–Trinajstić information content (AvgIpc) is 2.59. The average molecular weight is 456 g/mol. The van der Waals surface area contributed by atoms with Crippen molar-refractivity contribution in [3.63, 3.8) is 0 Å². The van der Waals surface area contributed by atoms with Crippen LogP contribution in [0.4, 0.5) is 19.4 Å². The Bertz CT molecular complexity index is 1160. The number of hydrogen-bond acceptors (Lipinski definition) is 2. The van der Waals surface area contributed by atoms with Crippen molar-refractivity contribution in [1.29, 1.82) is 0 Å². The number of benzene rings is 3. The summed E-state index contributed by atoms with van der Waals surface area (Å²) in [7, 11) is -9.77. The van der Waals surface area contributed by atoms with Crippen LogP contribution in [0, 0.1) is 27.7 Å². The lowest BCUT2D eigenvalue weighted by Gasteiger charge is -2.40. The Hall–Kier alpha value is -2.87. The van der Waals surface area contributed by atoms with Crippen molar-refractivity contribution >= 4 is 16.2 Å². The second-order valence-corrected chi connectivity index (χ2v) is 10.0. The van der Waals surface area contributed by atoms with Gasteiger partial charge in [0.2, 0.25) is 0 Å². The van der Waals surface area contributed by atoms with Gasteiger partial charge in [0.05, 0.1) is 5.56 Å². The van der Waals surface area contributed by atoms with Crippen LogP contribution < -0.4 is 4.74 Å². The lowest BCUT2D eigenvalue weighted by atomic mass is 9.92. The van der Waals surface area contributed by atoms with E-state index in [2.05, 4.69) is 12.1 Å². The largest absolute Gasteiger partial charge is 0.423 e. The molecule has 31 heavy (non-hydrogen) atoms. The van der Waals surface area contributed by atoms with Crippen LogP contribution in [0.5, 0.6) is 5.75 Å². The van der Waals surface area contributed by atoms with Crippen molar-refractivity contribution in [3.8, 4) is 16.9 Å². The van der Waals surface area contributed by atoms with Crippen LogP contribution in [0.15, 0.2) is 59.5 Å². The standard InChI is InChI=1S/C23H21F5O2S/c1-14-11-16(3)22(17(4)12-14)18-5-10-21(15(2)13-18)23(29)30-19-6-8-20(9-7-19)31(24,25,26,27)28/h5-13H,1-4H3. The Labute approximate surface area is 177 Å². The molecule has 0 aromatic heterocycles. The van der Waals surface area contributed by atoms with E-state index in [0.29, 0.717) is 17.7 Å². The summed E-state index contributed by atoms with van der Waals surface area (Å²) in [5.74, 6) is -1.05. The van der Waals surface area contributed by atoms with Crippen molar-refractivity contribution < 1.29 is 29.0 Å². The summed E-state index contributed by atoms with van der Waals surface area (Å²) in [5, 5.41) is 0. The smallest absolute Gasteiger partial charge is 0.343 e. The molecule has 3 aromatic carbocycles. The van der Waals surface area contributed by atoms with Gasteiger partial charge in [0.1, 0.15) is 10.6 Å². The number of hydrogen-bond donors (Lipinski definition) is 0. The van der Waals surface area contributed by atoms with Crippen LogP contribution in [-0.4, -0.2) is 5.97 Å². The molecule has 3 aromatic rings. The van der Waals surface area contributed by atoms with Gasteiger partial charge in [-0.15, -0.1) is 0 Å². The molecule has 0 aliphatic heterocycles. The highest BCUT2D eigenvalue weighted by atomic mass is 32.5. The molecule has 0 bridgehead atoms. The van der Waals surface area contributed by atoms with Gasteiger partial charge in [-0.2, -0.15) is 0 Å². The minimum atomic E-state index is -9.77. The fourth-order valence-electron chi connectivity index (χ4n) is 3.61. The van der Waals surface area contributed by atoms with Crippen LogP contribution in [-0.2, 0) is 0 Å². The molecule has 0 atom stereocenters. The molecule has 0 aliphatic carbocycles. The summed E-state index contributed by atoms with van der Waals surface area (Å²) in [6.07, 6.45) is 0. The van der Waals surface area contributed by atoms with Gasteiger partial charge in [-0.3, -0.25) is 0 Å². The van der Waals surface area contributed by atoms with E-state index in [4.69, 9.17) is 4.74 Å². The predicted octanol–water partition coefficient (Wildman–Crippen LogP) is 8.46. The van der Waals surface area contributed by atoms with Gasteiger partial charge in [0, 0.05) is 0 Å². The molecule has 166 valence electrons. The molecule has 2 nitrogen and oxygen atoms in total. The van der Waals surface area contributed by atoms with E-state index in [1.165, 1.54) is 0 Å². The zero-order valence-corrected chi connectivity index (χ0v) is 18.1. The number of carbonyl (C=O) groups excluding carboxylic acids is 1. The molecule has 0 spiro atoms. The van der Waals surface area contributed by atoms with Crippen LogP contribution in [0.25, 0.3) is 11.1 Å². The fourth-order valence-corrected chi connectivity index (χ4v) is 4.26. The van der Waals surface area contributed by atoms with Crippen LogP contribution >= 0.6 is 10.2 Å². The van der Waals surface area contributed by atoms with Gasteiger partial charge < -0.3 is 4.74 Å². The summed E-state index contributed by atoms with van der Waals surface area (Å²) in [6.45, 7) is 7.74. The summed E-state index contributed by atoms with van der Waals surface area (Å²) >= 11 is 0. The van der Waals surface area contributed by atoms with Gasteiger partial charge in [0.15, 0.2) is 0 Å². The van der Waals surface area contributed by atoms with Crippen molar-refractivity contribution in [2.45, 2.75) is 32.6 Å². The van der Waals surface area contributed by atoms with Gasteiger partial charge >= 0.3 is 16.2 Å². The van der Waals surface area contributed by atoms with Crippen LogP contribution in [0.1, 0.15) is 32.6 Å². The molecule has 0 amide bonds. The van der Waals surface area contributed by atoms with Crippen LogP contribution in [0.3, 0.4) is 0 Å². The summed E-state index contributed by atoms with van der Waals surface area (Å²) in [6, 6.07) is 11.1. The van der Waals surface area contributed by atoms with Crippen molar-refractivity contribution in [2.75, 3.05) is 0 Å². The number of aryl methyl sites for hydroxylation is 4. The molecule has 0 saturated carbocycles. The Kier molecular flexibility index (Phi) is 5.01. The molecule has 0 radical (unpaired) electrons.